The fourth-order valence-electron chi connectivity index (χ4n) is 2.00. The molecule has 3 rings (SSSR count). The van der Waals surface area contributed by atoms with Gasteiger partial charge in [0.2, 0.25) is 0 Å². The quantitative estimate of drug-likeness (QED) is 0.665. The van der Waals surface area contributed by atoms with Gasteiger partial charge >= 0.3 is 0 Å². The first-order valence-electron chi connectivity index (χ1n) is 5.32. The van der Waals surface area contributed by atoms with Crippen LogP contribution in [0, 0.1) is 0 Å². The van der Waals surface area contributed by atoms with Gasteiger partial charge in [0, 0.05) is 12.2 Å². The summed E-state index contributed by atoms with van der Waals surface area (Å²) in [5, 5.41) is 0. The van der Waals surface area contributed by atoms with Gasteiger partial charge < -0.3 is 4.90 Å². The molecule has 0 saturated carbocycles. The second-order valence-electron chi connectivity index (χ2n) is 3.91. The van der Waals surface area contributed by atoms with Crippen LogP contribution in [0.3, 0.4) is 0 Å². The highest BCUT2D eigenvalue weighted by atomic mass is 15.3. The molecule has 1 aliphatic heterocycles. The Labute approximate surface area is 90.0 Å². The smallest absolute Gasteiger partial charge is 0.0718 e. The third-order valence-electron chi connectivity index (χ3n) is 2.88. The summed E-state index contributed by atoms with van der Waals surface area (Å²) in [5.74, 6) is 0. The molecule has 1 atom stereocenters. The van der Waals surface area contributed by atoms with Crippen molar-refractivity contribution in [2.24, 2.45) is 0 Å². The Morgan fingerprint density at radius 3 is 2.07 bits per heavy atom. The van der Waals surface area contributed by atoms with E-state index in [1.807, 2.05) is 0 Å². The van der Waals surface area contributed by atoms with Crippen molar-refractivity contribution in [2.45, 2.75) is 6.04 Å². The van der Waals surface area contributed by atoms with Crippen LogP contribution in [0.25, 0.3) is 0 Å². The molecule has 0 unspecified atom stereocenters. The lowest BCUT2D eigenvalue weighted by Gasteiger charge is -2.04. The Hall–Kier alpha value is -1.76. The largest absolute Gasteiger partial charge is 0.360 e. The third kappa shape index (κ3) is 1.61. The van der Waals surface area contributed by atoms with Gasteiger partial charge in [0.25, 0.3) is 0 Å². The predicted octanol–water partition coefficient (Wildman–Crippen LogP) is 3.25. The van der Waals surface area contributed by atoms with Crippen LogP contribution in [-0.4, -0.2) is 6.54 Å². The van der Waals surface area contributed by atoms with Gasteiger partial charge in [0.1, 0.15) is 0 Å². The van der Waals surface area contributed by atoms with Crippen molar-refractivity contribution in [3.63, 3.8) is 0 Å². The molecule has 0 N–H and O–H groups in total. The number of rotatable bonds is 2. The SMILES string of the molecule is c1ccc([C@H]2CN2c2ccccc2)cc1. The number of anilines is 1. The molecular formula is C14H13N. The van der Waals surface area contributed by atoms with Crippen LogP contribution in [0.1, 0.15) is 11.6 Å². The summed E-state index contributed by atoms with van der Waals surface area (Å²) in [7, 11) is 0. The van der Waals surface area contributed by atoms with E-state index in [9.17, 15) is 0 Å². The predicted molar refractivity (Wildman–Crippen MR) is 63.0 cm³/mol. The highest BCUT2D eigenvalue weighted by Crippen LogP contribution is 2.39. The number of hydrogen-bond acceptors (Lipinski definition) is 1. The van der Waals surface area contributed by atoms with Crippen LogP contribution in [0.2, 0.25) is 0 Å². The van der Waals surface area contributed by atoms with Crippen molar-refractivity contribution in [1.29, 1.82) is 0 Å². The van der Waals surface area contributed by atoms with Gasteiger partial charge in [0.05, 0.1) is 6.04 Å². The number of hydrogen-bond donors (Lipinski definition) is 0. The van der Waals surface area contributed by atoms with E-state index < -0.39 is 0 Å². The van der Waals surface area contributed by atoms with E-state index in [-0.39, 0.29) is 0 Å². The monoisotopic (exact) mass is 195 g/mol. The normalized spacial score (nSPS) is 18.9. The highest BCUT2D eigenvalue weighted by molar-refractivity contribution is 5.56. The molecule has 0 radical (unpaired) electrons. The maximum Gasteiger partial charge on any atom is 0.0718 e. The molecule has 15 heavy (non-hydrogen) atoms. The summed E-state index contributed by atoms with van der Waals surface area (Å²) in [4.78, 5) is 2.41. The molecule has 74 valence electrons. The molecule has 0 bridgehead atoms. The second kappa shape index (κ2) is 3.43. The van der Waals surface area contributed by atoms with Gasteiger partial charge in [-0.1, -0.05) is 48.5 Å². The summed E-state index contributed by atoms with van der Waals surface area (Å²) < 4.78 is 0. The highest BCUT2D eigenvalue weighted by Gasteiger charge is 2.34. The molecule has 2 aromatic rings. The first kappa shape index (κ1) is 8.54. The minimum Gasteiger partial charge on any atom is -0.360 e. The Morgan fingerprint density at radius 1 is 0.800 bits per heavy atom. The minimum atomic E-state index is 0.591. The van der Waals surface area contributed by atoms with Crippen molar-refractivity contribution in [1.82, 2.24) is 0 Å². The molecule has 1 heteroatoms. The van der Waals surface area contributed by atoms with Crippen LogP contribution >= 0.6 is 0 Å². The minimum absolute atomic E-state index is 0.591. The third-order valence-corrected chi connectivity index (χ3v) is 2.88. The first-order chi connectivity index (χ1) is 7.45. The van der Waals surface area contributed by atoms with Crippen molar-refractivity contribution in [3.05, 3.63) is 66.2 Å². The second-order valence-corrected chi connectivity index (χ2v) is 3.91. The maximum atomic E-state index is 2.41. The van der Waals surface area contributed by atoms with Crippen LogP contribution in [-0.2, 0) is 0 Å². The fourth-order valence-corrected chi connectivity index (χ4v) is 2.00. The number of nitrogens with zero attached hydrogens (tertiary/aromatic N) is 1. The summed E-state index contributed by atoms with van der Waals surface area (Å²) in [6, 6.07) is 21.9. The molecule has 0 spiro atoms. The Morgan fingerprint density at radius 2 is 1.40 bits per heavy atom. The summed E-state index contributed by atoms with van der Waals surface area (Å²) in [6.07, 6.45) is 0. The molecular weight excluding hydrogens is 182 g/mol. The van der Waals surface area contributed by atoms with Gasteiger partial charge in [-0.2, -0.15) is 0 Å². The van der Waals surface area contributed by atoms with E-state index in [0.717, 1.165) is 6.54 Å². The Balaban J connectivity index is 1.81. The van der Waals surface area contributed by atoms with Crippen molar-refractivity contribution in [3.8, 4) is 0 Å². The van der Waals surface area contributed by atoms with Crippen LogP contribution < -0.4 is 4.90 Å². The topological polar surface area (TPSA) is 3.01 Å². The van der Waals surface area contributed by atoms with Gasteiger partial charge in [-0.25, -0.2) is 0 Å². The lowest BCUT2D eigenvalue weighted by molar-refractivity contribution is 1.13. The maximum absolute atomic E-state index is 2.41. The van der Waals surface area contributed by atoms with Crippen LogP contribution in [0.4, 0.5) is 5.69 Å². The van der Waals surface area contributed by atoms with Gasteiger partial charge in [0.15, 0.2) is 0 Å². The molecule has 1 aliphatic rings. The molecule has 1 heterocycles. The van der Waals surface area contributed by atoms with Crippen LogP contribution in [0.5, 0.6) is 0 Å². The van der Waals surface area contributed by atoms with Crippen molar-refractivity contribution < 1.29 is 0 Å². The lowest BCUT2D eigenvalue weighted by Crippen LogP contribution is -1.93. The van der Waals surface area contributed by atoms with E-state index in [4.69, 9.17) is 0 Å². The molecule has 0 aromatic heterocycles. The Bertz CT molecular complexity index is 392. The van der Waals surface area contributed by atoms with E-state index in [0.29, 0.717) is 6.04 Å². The van der Waals surface area contributed by atoms with Gasteiger partial charge in [-0.3, -0.25) is 0 Å². The van der Waals surface area contributed by atoms with Gasteiger partial charge in [-0.15, -0.1) is 0 Å². The number of para-hydroxylation sites is 1. The average Bonchev–Trinajstić information content (AvgIpc) is 3.11. The van der Waals surface area contributed by atoms with Crippen LogP contribution in [0.15, 0.2) is 60.7 Å². The first-order valence-corrected chi connectivity index (χ1v) is 5.32. The average molecular weight is 195 g/mol. The summed E-state index contributed by atoms with van der Waals surface area (Å²) >= 11 is 0. The van der Waals surface area contributed by atoms with E-state index in [2.05, 4.69) is 65.6 Å². The number of benzene rings is 2. The van der Waals surface area contributed by atoms with E-state index in [1.165, 1.54) is 11.3 Å². The zero-order valence-corrected chi connectivity index (χ0v) is 8.51. The zero-order valence-electron chi connectivity index (χ0n) is 8.51. The molecule has 1 nitrogen and oxygen atoms in total. The zero-order chi connectivity index (χ0) is 10.1. The molecule has 0 aliphatic carbocycles. The lowest BCUT2D eigenvalue weighted by atomic mass is 10.2. The van der Waals surface area contributed by atoms with E-state index >= 15 is 0 Å². The molecule has 1 saturated heterocycles. The van der Waals surface area contributed by atoms with Crippen molar-refractivity contribution in [2.75, 3.05) is 11.4 Å². The fraction of sp³-hybridized carbons (Fsp3) is 0.143. The van der Waals surface area contributed by atoms with Gasteiger partial charge in [-0.05, 0) is 17.7 Å². The standard InChI is InChI=1S/C14H13N/c1-3-7-12(8-4-1)14-11-15(14)13-9-5-2-6-10-13/h1-10,14H,11H2/t14-,15?/m1/s1. The Kier molecular flexibility index (Phi) is 1.95. The van der Waals surface area contributed by atoms with Crippen molar-refractivity contribution >= 4 is 5.69 Å². The molecule has 0 amide bonds. The molecule has 1 fully saturated rings. The molecule has 2 aromatic carbocycles. The van der Waals surface area contributed by atoms with E-state index in [1.54, 1.807) is 0 Å². The summed E-state index contributed by atoms with van der Waals surface area (Å²) in [5.41, 5.74) is 2.74. The summed E-state index contributed by atoms with van der Waals surface area (Å²) in [6.45, 7) is 1.15.